The standard InChI is InChI=1S/C17H30N2O/c20-17(14-7-4-2-1-3-5-8-14)19(16-10-11-16)13-15-9-6-12-18-15/h14-16,18H,1-13H2. The molecule has 0 spiro atoms. The maximum atomic E-state index is 12.9. The van der Waals surface area contributed by atoms with Crippen molar-refractivity contribution in [2.75, 3.05) is 13.1 Å². The van der Waals surface area contributed by atoms with E-state index in [9.17, 15) is 4.79 Å². The Balaban J connectivity index is 1.58. The molecule has 20 heavy (non-hydrogen) atoms. The number of carbonyl (C=O) groups excluding carboxylic acids is 1. The molecule has 1 amide bonds. The van der Waals surface area contributed by atoms with Crippen molar-refractivity contribution in [2.24, 2.45) is 5.92 Å². The molecule has 1 unspecified atom stereocenters. The van der Waals surface area contributed by atoms with Crippen LogP contribution in [0.4, 0.5) is 0 Å². The van der Waals surface area contributed by atoms with Crippen LogP contribution in [0.2, 0.25) is 0 Å². The molecule has 1 saturated heterocycles. The third-order valence-corrected chi connectivity index (χ3v) is 5.30. The highest BCUT2D eigenvalue weighted by Gasteiger charge is 2.37. The van der Waals surface area contributed by atoms with Crippen molar-refractivity contribution >= 4 is 5.91 Å². The SMILES string of the molecule is O=C(C1CCCCCCC1)N(CC1CCCN1)C1CC1. The molecule has 114 valence electrons. The first-order chi connectivity index (χ1) is 9.84. The van der Waals surface area contributed by atoms with Crippen LogP contribution < -0.4 is 5.32 Å². The van der Waals surface area contributed by atoms with Crippen molar-refractivity contribution in [3.05, 3.63) is 0 Å². The highest BCUT2D eigenvalue weighted by Crippen LogP contribution is 2.32. The topological polar surface area (TPSA) is 32.3 Å². The lowest BCUT2D eigenvalue weighted by Crippen LogP contribution is -2.45. The van der Waals surface area contributed by atoms with E-state index < -0.39 is 0 Å². The Hall–Kier alpha value is -0.570. The Labute approximate surface area is 123 Å². The van der Waals surface area contributed by atoms with E-state index >= 15 is 0 Å². The van der Waals surface area contributed by atoms with Gasteiger partial charge in [0.2, 0.25) is 5.91 Å². The van der Waals surface area contributed by atoms with Gasteiger partial charge in [-0.3, -0.25) is 4.79 Å². The van der Waals surface area contributed by atoms with Crippen molar-refractivity contribution in [1.29, 1.82) is 0 Å². The molecular formula is C17H30N2O. The van der Waals surface area contributed by atoms with E-state index in [4.69, 9.17) is 0 Å². The van der Waals surface area contributed by atoms with Crippen molar-refractivity contribution in [1.82, 2.24) is 10.2 Å². The van der Waals surface area contributed by atoms with E-state index in [1.54, 1.807) is 0 Å². The highest BCUT2D eigenvalue weighted by atomic mass is 16.2. The zero-order chi connectivity index (χ0) is 13.8. The van der Waals surface area contributed by atoms with Crippen LogP contribution >= 0.6 is 0 Å². The summed E-state index contributed by atoms with van der Waals surface area (Å²) in [5, 5.41) is 3.56. The molecule has 3 rings (SSSR count). The Morgan fingerprint density at radius 2 is 1.60 bits per heavy atom. The van der Waals surface area contributed by atoms with Gasteiger partial charge in [0.25, 0.3) is 0 Å². The average molecular weight is 278 g/mol. The van der Waals surface area contributed by atoms with Crippen molar-refractivity contribution in [2.45, 2.75) is 82.7 Å². The van der Waals surface area contributed by atoms with Gasteiger partial charge in [0, 0.05) is 24.5 Å². The predicted molar refractivity (Wildman–Crippen MR) is 81.6 cm³/mol. The van der Waals surface area contributed by atoms with Gasteiger partial charge < -0.3 is 10.2 Å². The molecule has 0 radical (unpaired) electrons. The van der Waals surface area contributed by atoms with Crippen LogP contribution in [0.25, 0.3) is 0 Å². The molecule has 0 aromatic carbocycles. The maximum Gasteiger partial charge on any atom is 0.225 e. The maximum absolute atomic E-state index is 12.9. The summed E-state index contributed by atoms with van der Waals surface area (Å²) in [6.45, 7) is 2.11. The van der Waals surface area contributed by atoms with Crippen LogP contribution in [0.1, 0.15) is 70.6 Å². The fraction of sp³-hybridized carbons (Fsp3) is 0.941. The van der Waals surface area contributed by atoms with Gasteiger partial charge in [-0.05, 0) is 45.1 Å². The fourth-order valence-electron chi connectivity index (χ4n) is 3.89. The molecule has 3 fully saturated rings. The van der Waals surface area contributed by atoms with E-state index in [1.165, 1.54) is 57.8 Å². The number of nitrogens with one attached hydrogen (secondary N) is 1. The van der Waals surface area contributed by atoms with Gasteiger partial charge >= 0.3 is 0 Å². The molecule has 3 heteroatoms. The van der Waals surface area contributed by atoms with Crippen LogP contribution in [-0.2, 0) is 4.79 Å². The van der Waals surface area contributed by atoms with Crippen LogP contribution in [0.15, 0.2) is 0 Å². The van der Waals surface area contributed by atoms with Gasteiger partial charge in [-0.25, -0.2) is 0 Å². The van der Waals surface area contributed by atoms with E-state index in [2.05, 4.69) is 10.2 Å². The lowest BCUT2D eigenvalue weighted by atomic mass is 9.90. The summed E-state index contributed by atoms with van der Waals surface area (Å²) in [5.74, 6) is 0.820. The Kier molecular flexibility index (Phi) is 4.98. The first-order valence-corrected chi connectivity index (χ1v) is 8.88. The molecule has 3 aliphatic rings. The normalized spacial score (nSPS) is 28.9. The molecule has 1 N–H and O–H groups in total. The minimum atomic E-state index is 0.331. The summed E-state index contributed by atoms with van der Waals surface area (Å²) < 4.78 is 0. The fourth-order valence-corrected chi connectivity index (χ4v) is 3.89. The lowest BCUT2D eigenvalue weighted by Gasteiger charge is -2.30. The molecule has 2 saturated carbocycles. The van der Waals surface area contributed by atoms with Gasteiger partial charge in [0.05, 0.1) is 0 Å². The summed E-state index contributed by atoms with van der Waals surface area (Å²) in [6.07, 6.45) is 13.8. The molecule has 0 aromatic rings. The molecule has 0 bridgehead atoms. The smallest absolute Gasteiger partial charge is 0.225 e. The van der Waals surface area contributed by atoms with Gasteiger partial charge in [-0.1, -0.05) is 32.1 Å². The number of carbonyl (C=O) groups is 1. The molecule has 1 heterocycles. The molecular weight excluding hydrogens is 248 g/mol. The first-order valence-electron chi connectivity index (χ1n) is 8.88. The summed E-state index contributed by atoms with van der Waals surface area (Å²) in [5.41, 5.74) is 0. The molecule has 0 aromatic heterocycles. The second kappa shape index (κ2) is 6.93. The van der Waals surface area contributed by atoms with Gasteiger partial charge in [0.15, 0.2) is 0 Å². The van der Waals surface area contributed by atoms with Crippen LogP contribution in [-0.4, -0.2) is 36.0 Å². The lowest BCUT2D eigenvalue weighted by molar-refractivity contribution is -0.137. The Bertz CT molecular complexity index is 313. The van der Waals surface area contributed by atoms with E-state index in [0.29, 0.717) is 23.9 Å². The summed E-state index contributed by atoms with van der Waals surface area (Å²) >= 11 is 0. The monoisotopic (exact) mass is 278 g/mol. The average Bonchev–Trinajstić information content (AvgIpc) is 3.12. The summed E-state index contributed by atoms with van der Waals surface area (Å²) in [6, 6.07) is 1.14. The number of hydrogen-bond acceptors (Lipinski definition) is 2. The number of amides is 1. The van der Waals surface area contributed by atoms with E-state index in [1.807, 2.05) is 0 Å². The summed E-state index contributed by atoms with van der Waals surface area (Å²) in [7, 11) is 0. The van der Waals surface area contributed by atoms with Crippen molar-refractivity contribution in [3.8, 4) is 0 Å². The minimum absolute atomic E-state index is 0.331. The number of hydrogen-bond donors (Lipinski definition) is 1. The molecule has 1 aliphatic heterocycles. The zero-order valence-electron chi connectivity index (χ0n) is 12.8. The number of nitrogens with zero attached hydrogens (tertiary/aromatic N) is 1. The largest absolute Gasteiger partial charge is 0.338 e. The Morgan fingerprint density at radius 1 is 0.900 bits per heavy atom. The first kappa shape index (κ1) is 14.4. The molecule has 3 nitrogen and oxygen atoms in total. The second-order valence-corrected chi connectivity index (χ2v) is 7.06. The van der Waals surface area contributed by atoms with Crippen molar-refractivity contribution < 1.29 is 4.79 Å². The quantitative estimate of drug-likeness (QED) is 0.857. The molecule has 1 atom stereocenters. The van der Waals surface area contributed by atoms with E-state index in [0.717, 1.165) is 25.9 Å². The van der Waals surface area contributed by atoms with Gasteiger partial charge in [-0.2, -0.15) is 0 Å². The third kappa shape index (κ3) is 3.75. The number of rotatable bonds is 4. The summed E-state index contributed by atoms with van der Waals surface area (Å²) in [4.78, 5) is 15.2. The minimum Gasteiger partial charge on any atom is -0.338 e. The van der Waals surface area contributed by atoms with Crippen molar-refractivity contribution in [3.63, 3.8) is 0 Å². The predicted octanol–water partition coefficient (Wildman–Crippen LogP) is 3.09. The van der Waals surface area contributed by atoms with Crippen LogP contribution in [0, 0.1) is 5.92 Å². The molecule has 2 aliphatic carbocycles. The Morgan fingerprint density at radius 3 is 2.20 bits per heavy atom. The second-order valence-electron chi connectivity index (χ2n) is 7.06. The van der Waals surface area contributed by atoms with Crippen LogP contribution in [0.3, 0.4) is 0 Å². The van der Waals surface area contributed by atoms with Gasteiger partial charge in [-0.15, -0.1) is 0 Å². The zero-order valence-corrected chi connectivity index (χ0v) is 12.8. The van der Waals surface area contributed by atoms with Crippen LogP contribution in [0.5, 0.6) is 0 Å². The highest BCUT2D eigenvalue weighted by molar-refractivity contribution is 5.79. The van der Waals surface area contributed by atoms with Gasteiger partial charge in [0.1, 0.15) is 0 Å². The third-order valence-electron chi connectivity index (χ3n) is 5.30. The van der Waals surface area contributed by atoms with E-state index in [-0.39, 0.29) is 0 Å².